The van der Waals surface area contributed by atoms with Gasteiger partial charge < -0.3 is 0 Å². The molecule has 1 atom stereocenters. The van der Waals surface area contributed by atoms with Crippen LogP contribution in [0, 0.1) is 0 Å². The van der Waals surface area contributed by atoms with E-state index in [-0.39, 0.29) is 28.6 Å². The van der Waals surface area contributed by atoms with Crippen LogP contribution in [0.1, 0.15) is 22.3 Å². The van der Waals surface area contributed by atoms with Gasteiger partial charge in [0.15, 0.2) is 0 Å². The molecule has 0 aliphatic rings. The predicted octanol–water partition coefficient (Wildman–Crippen LogP) is 8.60. The van der Waals surface area contributed by atoms with Crippen molar-refractivity contribution in [2.24, 2.45) is 0 Å². The lowest BCUT2D eigenvalue weighted by Crippen LogP contribution is -2.12. The van der Waals surface area contributed by atoms with Crippen LogP contribution < -0.4 is 5.30 Å². The van der Waals surface area contributed by atoms with Crippen molar-refractivity contribution >= 4 is 14.5 Å². The minimum atomic E-state index is -5.16. The third-order valence-electron chi connectivity index (χ3n) is 4.87. The topological polar surface area (TPSA) is 0 Å². The highest BCUT2D eigenvalue weighted by atomic mass is 31.0. The van der Waals surface area contributed by atoms with E-state index in [1.165, 1.54) is 0 Å². The Balaban J connectivity index is 2.27. The molecule has 0 nitrogen and oxygen atoms in total. The van der Waals surface area contributed by atoms with Crippen LogP contribution in [-0.2, 0) is 24.7 Å². The molecule has 0 N–H and O–H groups in total. The van der Waals surface area contributed by atoms with E-state index in [0.29, 0.717) is 24.3 Å². The lowest BCUT2D eigenvalue weighted by Gasteiger charge is -2.17. The lowest BCUT2D eigenvalue weighted by molar-refractivity contribution is -0.144. The van der Waals surface area contributed by atoms with Crippen molar-refractivity contribution in [3.05, 3.63) is 76.9 Å². The van der Waals surface area contributed by atoms with Crippen molar-refractivity contribution in [2.45, 2.75) is 24.7 Å². The molecule has 0 saturated carbocycles. The fraction of sp³-hybridized carbons (Fsp3) is 0.182. The van der Waals surface area contributed by atoms with Gasteiger partial charge in [0.1, 0.15) is 0 Å². The van der Waals surface area contributed by atoms with Crippen molar-refractivity contribution in [1.29, 1.82) is 0 Å². The number of hydrogen-bond donors (Lipinski definition) is 0. The van der Waals surface area contributed by atoms with Crippen molar-refractivity contribution in [2.75, 3.05) is 0 Å². The Morgan fingerprint density at radius 3 is 1.09 bits per heavy atom. The summed E-state index contributed by atoms with van der Waals surface area (Å²) in [5, 5.41) is 0.0595. The van der Waals surface area contributed by atoms with E-state index >= 15 is 0 Å². The zero-order valence-electron chi connectivity index (χ0n) is 16.8. The second-order valence-corrected chi connectivity index (χ2v) is 8.01. The number of alkyl halides is 12. The maximum atomic E-state index is 13.2. The summed E-state index contributed by atoms with van der Waals surface area (Å²) in [6, 6.07) is 4.59. The smallest absolute Gasteiger partial charge is 0.166 e. The summed E-state index contributed by atoms with van der Waals surface area (Å²) < 4.78 is 158. The van der Waals surface area contributed by atoms with Gasteiger partial charge in [-0.15, -0.1) is 9.24 Å². The van der Waals surface area contributed by atoms with Crippen LogP contribution in [0.4, 0.5) is 52.7 Å². The molecule has 0 aliphatic carbocycles. The molecule has 188 valence electrons. The maximum absolute atomic E-state index is 13.2. The van der Waals surface area contributed by atoms with Gasteiger partial charge in [-0.2, -0.15) is 52.7 Å². The van der Waals surface area contributed by atoms with Gasteiger partial charge in [0.25, 0.3) is 0 Å². The number of rotatable bonds is 2. The summed E-state index contributed by atoms with van der Waals surface area (Å²) >= 11 is 0. The van der Waals surface area contributed by atoms with Crippen molar-refractivity contribution in [3.63, 3.8) is 0 Å². The first-order valence-electron chi connectivity index (χ1n) is 9.26. The molecule has 35 heavy (non-hydrogen) atoms. The Hall–Kier alpha value is -2.75. The second kappa shape index (κ2) is 8.72. The molecule has 3 rings (SSSR count). The van der Waals surface area contributed by atoms with E-state index in [4.69, 9.17) is 0 Å². The number of hydrogen-bond acceptors (Lipinski definition) is 0. The third-order valence-corrected chi connectivity index (χ3v) is 5.38. The molecule has 3 aromatic carbocycles. The first kappa shape index (κ1) is 26.8. The molecule has 0 fully saturated rings. The van der Waals surface area contributed by atoms with E-state index in [2.05, 4.69) is 0 Å². The van der Waals surface area contributed by atoms with Crippen LogP contribution in [0.5, 0.6) is 0 Å². The molecule has 0 saturated heterocycles. The quantitative estimate of drug-likeness (QED) is 0.228. The molecular weight excluding hydrogens is 523 g/mol. The lowest BCUT2D eigenvalue weighted by atomic mass is 9.94. The van der Waals surface area contributed by atoms with Crippen molar-refractivity contribution in [1.82, 2.24) is 0 Å². The minimum absolute atomic E-state index is 0.0595. The molecule has 0 amide bonds. The van der Waals surface area contributed by atoms with Crippen LogP contribution >= 0.6 is 9.24 Å². The Labute approximate surface area is 191 Å². The molecule has 0 aliphatic heterocycles. The molecule has 0 bridgehead atoms. The van der Waals surface area contributed by atoms with E-state index in [9.17, 15) is 52.7 Å². The maximum Gasteiger partial charge on any atom is 0.416 e. The van der Waals surface area contributed by atoms with E-state index in [1.54, 1.807) is 0 Å². The van der Waals surface area contributed by atoms with Crippen molar-refractivity contribution < 1.29 is 52.7 Å². The highest BCUT2D eigenvalue weighted by molar-refractivity contribution is 7.28. The van der Waals surface area contributed by atoms with Crippen LogP contribution in [0.2, 0.25) is 0 Å². The molecule has 3 aromatic rings. The van der Waals surface area contributed by atoms with Crippen LogP contribution in [0.15, 0.2) is 54.6 Å². The normalized spacial score (nSPS) is 13.3. The Kier molecular flexibility index (Phi) is 6.69. The van der Waals surface area contributed by atoms with E-state index in [0.717, 1.165) is 18.2 Å². The Bertz CT molecular complexity index is 1180. The Morgan fingerprint density at radius 1 is 0.400 bits per heavy atom. The summed E-state index contributed by atoms with van der Waals surface area (Å²) in [6.45, 7) is 0. The summed E-state index contributed by atoms with van der Waals surface area (Å²) in [6.07, 6.45) is -20.6. The standard InChI is InChI=1S/C22H11F12P/c23-19(24,25)13-3-11(4-14(8-13)20(26,27)28)10-1-2-18(35)17(7-10)12-5-15(21(29,30)31)9-16(6-12)22(32,33)34/h1-9H,35H2. The summed E-state index contributed by atoms with van der Waals surface area (Å²) in [7, 11) is 2.05. The molecule has 0 heterocycles. The van der Waals surface area contributed by atoms with Crippen LogP contribution in [0.3, 0.4) is 0 Å². The highest BCUT2D eigenvalue weighted by Crippen LogP contribution is 2.41. The van der Waals surface area contributed by atoms with Gasteiger partial charge in [-0.25, -0.2) is 0 Å². The molecule has 13 heteroatoms. The average molecular weight is 534 g/mol. The molecule has 0 spiro atoms. The van der Waals surface area contributed by atoms with Gasteiger partial charge in [0, 0.05) is 0 Å². The summed E-state index contributed by atoms with van der Waals surface area (Å²) in [4.78, 5) is 0. The van der Waals surface area contributed by atoms with Gasteiger partial charge in [0.2, 0.25) is 0 Å². The van der Waals surface area contributed by atoms with E-state index < -0.39 is 58.1 Å². The second-order valence-electron chi connectivity index (χ2n) is 7.39. The van der Waals surface area contributed by atoms with Crippen LogP contribution in [0.25, 0.3) is 22.3 Å². The first-order chi connectivity index (χ1) is 15.8. The molecule has 1 unspecified atom stereocenters. The SMILES string of the molecule is FC(F)(F)c1cc(-c2ccc(P)c(-c3cc(C(F)(F)F)cc(C(F)(F)F)c3)c2)cc(C(F)(F)F)c1. The fourth-order valence-electron chi connectivity index (χ4n) is 3.22. The molecule has 0 aromatic heterocycles. The van der Waals surface area contributed by atoms with Gasteiger partial charge in [-0.3, -0.25) is 0 Å². The van der Waals surface area contributed by atoms with Gasteiger partial charge >= 0.3 is 24.7 Å². The predicted molar refractivity (Wildman–Crippen MR) is 107 cm³/mol. The fourth-order valence-corrected chi connectivity index (χ4v) is 3.56. The zero-order valence-corrected chi connectivity index (χ0v) is 18.0. The Morgan fingerprint density at radius 2 is 0.743 bits per heavy atom. The summed E-state index contributed by atoms with van der Waals surface area (Å²) in [5.74, 6) is 0. The van der Waals surface area contributed by atoms with Gasteiger partial charge in [-0.05, 0) is 70.0 Å². The average Bonchev–Trinajstić information content (AvgIpc) is 2.71. The monoisotopic (exact) mass is 534 g/mol. The molecule has 0 radical (unpaired) electrons. The third kappa shape index (κ3) is 6.09. The first-order valence-corrected chi connectivity index (χ1v) is 9.84. The van der Waals surface area contributed by atoms with Crippen molar-refractivity contribution in [3.8, 4) is 22.3 Å². The van der Waals surface area contributed by atoms with Crippen LogP contribution in [-0.4, -0.2) is 0 Å². The molecular formula is C22H11F12P. The minimum Gasteiger partial charge on any atom is -0.166 e. The zero-order chi connectivity index (χ0) is 26.6. The summed E-state index contributed by atoms with van der Waals surface area (Å²) in [5.41, 5.74) is -8.23. The number of benzene rings is 3. The number of halogens is 12. The van der Waals surface area contributed by atoms with Gasteiger partial charge in [0.05, 0.1) is 22.3 Å². The van der Waals surface area contributed by atoms with Gasteiger partial charge in [-0.1, -0.05) is 12.1 Å². The van der Waals surface area contributed by atoms with E-state index in [1.807, 2.05) is 9.24 Å². The largest absolute Gasteiger partial charge is 0.416 e. The highest BCUT2D eigenvalue weighted by Gasteiger charge is 2.38.